The molecule has 0 N–H and O–H groups in total. The highest BCUT2D eigenvalue weighted by molar-refractivity contribution is 9.10. The average molecular weight is 240 g/mol. The number of hydrogen-bond acceptors (Lipinski definition) is 2. The van der Waals surface area contributed by atoms with Gasteiger partial charge in [-0.05, 0) is 36.6 Å². The Balaban J connectivity index is 2.71. The zero-order valence-electron chi connectivity index (χ0n) is 7.38. The van der Waals surface area contributed by atoms with Gasteiger partial charge in [-0.15, -0.1) is 0 Å². The fourth-order valence-electron chi connectivity index (χ4n) is 1.19. The maximum atomic E-state index is 9.83. The molecular weight excluding hydrogens is 230 g/mol. The molecule has 3 heteroatoms. The van der Waals surface area contributed by atoms with Gasteiger partial charge in [0.15, 0.2) is 0 Å². The summed E-state index contributed by atoms with van der Waals surface area (Å²) in [4.78, 5) is 13.3. The SMILES string of the molecule is Cc1cc(Br)cc(CCN=C=O)c1. The molecule has 68 valence electrons. The predicted molar refractivity (Wildman–Crippen MR) is 55.6 cm³/mol. The molecule has 0 spiro atoms. The van der Waals surface area contributed by atoms with E-state index in [1.165, 1.54) is 17.2 Å². The second kappa shape index (κ2) is 4.95. The van der Waals surface area contributed by atoms with Gasteiger partial charge >= 0.3 is 0 Å². The van der Waals surface area contributed by atoms with E-state index in [9.17, 15) is 4.79 Å². The Morgan fingerprint density at radius 2 is 2.23 bits per heavy atom. The normalized spacial score (nSPS) is 9.38. The van der Waals surface area contributed by atoms with Gasteiger partial charge in [-0.2, -0.15) is 0 Å². The monoisotopic (exact) mass is 239 g/mol. The number of nitrogens with zero attached hydrogens (tertiary/aromatic N) is 1. The molecule has 0 atom stereocenters. The molecule has 0 aliphatic carbocycles. The van der Waals surface area contributed by atoms with Gasteiger partial charge in [0.05, 0.1) is 6.54 Å². The van der Waals surface area contributed by atoms with E-state index in [-0.39, 0.29) is 0 Å². The first-order valence-corrected chi connectivity index (χ1v) is 4.81. The Bertz CT molecular complexity index is 323. The lowest BCUT2D eigenvalue weighted by atomic mass is 10.1. The molecule has 0 saturated heterocycles. The van der Waals surface area contributed by atoms with E-state index in [2.05, 4.69) is 27.0 Å². The van der Waals surface area contributed by atoms with Crippen molar-refractivity contribution < 1.29 is 4.79 Å². The molecule has 1 aromatic carbocycles. The first kappa shape index (κ1) is 10.2. The van der Waals surface area contributed by atoms with E-state index in [0.717, 1.165) is 10.9 Å². The van der Waals surface area contributed by atoms with Crippen molar-refractivity contribution in [3.63, 3.8) is 0 Å². The third-order valence-corrected chi connectivity index (χ3v) is 2.14. The second-order valence-corrected chi connectivity index (χ2v) is 3.78. The lowest BCUT2D eigenvalue weighted by Crippen LogP contribution is -1.90. The smallest absolute Gasteiger partial charge is 0.211 e. The first-order valence-electron chi connectivity index (χ1n) is 4.02. The Morgan fingerprint density at radius 1 is 1.46 bits per heavy atom. The van der Waals surface area contributed by atoms with Gasteiger partial charge in [0, 0.05) is 4.47 Å². The summed E-state index contributed by atoms with van der Waals surface area (Å²) >= 11 is 3.41. The lowest BCUT2D eigenvalue weighted by Gasteiger charge is -2.00. The molecule has 0 fully saturated rings. The minimum Gasteiger partial charge on any atom is -0.211 e. The van der Waals surface area contributed by atoms with Crippen LogP contribution in [0.3, 0.4) is 0 Å². The predicted octanol–water partition coefficient (Wildman–Crippen LogP) is 2.64. The number of halogens is 1. The minimum absolute atomic E-state index is 0.513. The summed E-state index contributed by atoms with van der Waals surface area (Å²) in [6.45, 7) is 2.55. The third kappa shape index (κ3) is 3.53. The zero-order valence-corrected chi connectivity index (χ0v) is 8.97. The molecule has 0 amide bonds. The maximum absolute atomic E-state index is 9.83. The van der Waals surface area contributed by atoms with Crippen LogP contribution < -0.4 is 0 Å². The molecule has 0 saturated carbocycles. The van der Waals surface area contributed by atoms with Crippen molar-refractivity contribution in [3.8, 4) is 0 Å². The molecule has 0 radical (unpaired) electrons. The number of isocyanates is 1. The van der Waals surface area contributed by atoms with Crippen molar-refractivity contribution >= 4 is 22.0 Å². The van der Waals surface area contributed by atoms with Crippen LogP contribution >= 0.6 is 15.9 Å². The second-order valence-electron chi connectivity index (χ2n) is 2.86. The summed E-state index contributed by atoms with van der Waals surface area (Å²) in [5.41, 5.74) is 2.39. The number of hydrogen-bond donors (Lipinski definition) is 0. The Kier molecular flexibility index (Phi) is 3.87. The van der Waals surface area contributed by atoms with E-state index in [0.29, 0.717) is 6.54 Å². The molecule has 1 rings (SSSR count). The number of aliphatic imine (C=N–C) groups is 1. The van der Waals surface area contributed by atoms with Gasteiger partial charge in [-0.1, -0.05) is 22.0 Å². The summed E-state index contributed by atoms with van der Waals surface area (Å²) in [6.07, 6.45) is 2.32. The summed E-state index contributed by atoms with van der Waals surface area (Å²) < 4.78 is 1.07. The Morgan fingerprint density at radius 3 is 2.85 bits per heavy atom. The number of carbonyl (C=O) groups excluding carboxylic acids is 1. The van der Waals surface area contributed by atoms with Crippen molar-refractivity contribution in [1.82, 2.24) is 0 Å². The molecular formula is C10H10BrNO. The van der Waals surface area contributed by atoms with Gasteiger partial charge in [0.1, 0.15) is 0 Å². The van der Waals surface area contributed by atoms with Crippen LogP contribution in [0, 0.1) is 6.92 Å². The van der Waals surface area contributed by atoms with E-state index in [1.54, 1.807) is 0 Å². The number of benzene rings is 1. The van der Waals surface area contributed by atoms with Crippen LogP contribution in [0.5, 0.6) is 0 Å². The van der Waals surface area contributed by atoms with Crippen molar-refractivity contribution in [2.75, 3.05) is 6.54 Å². The summed E-state index contributed by atoms with van der Waals surface area (Å²) in [5, 5.41) is 0. The molecule has 1 aromatic rings. The van der Waals surface area contributed by atoms with Crippen molar-refractivity contribution in [2.45, 2.75) is 13.3 Å². The Labute approximate surface area is 85.8 Å². The zero-order chi connectivity index (χ0) is 9.68. The lowest BCUT2D eigenvalue weighted by molar-refractivity contribution is 0.563. The van der Waals surface area contributed by atoms with Gasteiger partial charge in [-0.3, -0.25) is 0 Å². The van der Waals surface area contributed by atoms with Crippen molar-refractivity contribution in [3.05, 3.63) is 33.8 Å². The molecule has 13 heavy (non-hydrogen) atoms. The largest absolute Gasteiger partial charge is 0.234 e. The molecule has 0 heterocycles. The standard InChI is InChI=1S/C10H10BrNO/c1-8-4-9(2-3-12-7-13)6-10(11)5-8/h4-6H,2-3H2,1H3. The van der Waals surface area contributed by atoms with Crippen LogP contribution in [0.15, 0.2) is 27.7 Å². The fourth-order valence-corrected chi connectivity index (χ4v) is 1.84. The highest BCUT2D eigenvalue weighted by atomic mass is 79.9. The molecule has 0 aliphatic heterocycles. The van der Waals surface area contributed by atoms with E-state index in [1.807, 2.05) is 19.1 Å². The molecule has 0 aromatic heterocycles. The van der Waals surface area contributed by atoms with Gasteiger partial charge < -0.3 is 0 Å². The van der Waals surface area contributed by atoms with Crippen LogP contribution in [-0.2, 0) is 11.2 Å². The third-order valence-electron chi connectivity index (χ3n) is 1.68. The topological polar surface area (TPSA) is 29.4 Å². The highest BCUT2D eigenvalue weighted by Gasteiger charge is 1.95. The molecule has 0 unspecified atom stereocenters. The minimum atomic E-state index is 0.513. The average Bonchev–Trinajstić information content (AvgIpc) is 2.03. The van der Waals surface area contributed by atoms with Crippen LogP contribution in [0.2, 0.25) is 0 Å². The van der Waals surface area contributed by atoms with Gasteiger partial charge in [0.25, 0.3) is 0 Å². The van der Waals surface area contributed by atoms with E-state index >= 15 is 0 Å². The van der Waals surface area contributed by atoms with E-state index in [4.69, 9.17) is 0 Å². The summed E-state index contributed by atoms with van der Waals surface area (Å²) in [7, 11) is 0. The van der Waals surface area contributed by atoms with Gasteiger partial charge in [0.2, 0.25) is 6.08 Å². The molecule has 0 aliphatic rings. The van der Waals surface area contributed by atoms with Crippen LogP contribution in [0.1, 0.15) is 11.1 Å². The molecule has 0 bridgehead atoms. The maximum Gasteiger partial charge on any atom is 0.234 e. The van der Waals surface area contributed by atoms with Crippen LogP contribution in [-0.4, -0.2) is 12.6 Å². The fraction of sp³-hybridized carbons (Fsp3) is 0.300. The van der Waals surface area contributed by atoms with Crippen molar-refractivity contribution in [2.24, 2.45) is 4.99 Å². The van der Waals surface area contributed by atoms with Crippen LogP contribution in [0.25, 0.3) is 0 Å². The van der Waals surface area contributed by atoms with Crippen LogP contribution in [0.4, 0.5) is 0 Å². The number of rotatable bonds is 3. The van der Waals surface area contributed by atoms with Crippen molar-refractivity contribution in [1.29, 1.82) is 0 Å². The summed E-state index contributed by atoms with van der Waals surface area (Å²) in [6, 6.07) is 6.17. The summed E-state index contributed by atoms with van der Waals surface area (Å²) in [5.74, 6) is 0. The molecule has 2 nitrogen and oxygen atoms in total. The number of aryl methyl sites for hydroxylation is 1. The van der Waals surface area contributed by atoms with E-state index < -0.39 is 0 Å². The Hall–Kier alpha value is -0.920. The quantitative estimate of drug-likeness (QED) is 0.589. The first-order chi connectivity index (χ1) is 6.22. The van der Waals surface area contributed by atoms with Gasteiger partial charge in [-0.25, -0.2) is 9.79 Å². The highest BCUT2D eigenvalue weighted by Crippen LogP contribution is 2.15.